The van der Waals surface area contributed by atoms with Gasteiger partial charge in [-0.25, -0.2) is 4.79 Å². The van der Waals surface area contributed by atoms with Gasteiger partial charge >= 0.3 is 5.97 Å². The number of carboxylic acids is 1. The van der Waals surface area contributed by atoms with Gasteiger partial charge in [-0.05, 0) is 19.1 Å². The van der Waals surface area contributed by atoms with Crippen molar-refractivity contribution in [1.82, 2.24) is 0 Å². The Hall–Kier alpha value is -1.77. The Kier molecular flexibility index (Phi) is 2.00. The molecule has 3 heteroatoms. The summed E-state index contributed by atoms with van der Waals surface area (Å²) in [6.45, 7) is 1.93. The summed E-state index contributed by atoms with van der Waals surface area (Å²) in [5.74, 6) is -0.870. The highest BCUT2D eigenvalue weighted by atomic mass is 16.4. The van der Waals surface area contributed by atoms with Gasteiger partial charge in [0.1, 0.15) is 0 Å². The minimum absolute atomic E-state index is 0.0657. The third-order valence-electron chi connectivity index (χ3n) is 2.25. The molecule has 1 atom stereocenters. The lowest BCUT2D eigenvalue weighted by Gasteiger charge is -2.21. The van der Waals surface area contributed by atoms with Crippen molar-refractivity contribution in [2.24, 2.45) is 0 Å². The van der Waals surface area contributed by atoms with Crippen LogP contribution in [-0.2, 0) is 4.79 Å². The summed E-state index contributed by atoms with van der Waals surface area (Å²) in [6, 6.07) is 7.50. The average molecular weight is 189 g/mol. The smallest absolute Gasteiger partial charge is 0.336 e. The second-order valence-electron chi connectivity index (χ2n) is 3.36. The molecular formula is C11H11NO2. The van der Waals surface area contributed by atoms with Crippen molar-refractivity contribution in [2.45, 2.75) is 13.0 Å². The first kappa shape index (κ1) is 8.81. The minimum atomic E-state index is -0.870. The van der Waals surface area contributed by atoms with Gasteiger partial charge in [0.25, 0.3) is 0 Å². The van der Waals surface area contributed by atoms with Gasteiger partial charge in [0.05, 0.1) is 5.57 Å². The Bertz CT molecular complexity index is 410. The molecule has 1 aromatic rings. The first-order chi connectivity index (χ1) is 6.68. The number of hydrogen-bond donors (Lipinski definition) is 2. The molecule has 0 bridgehead atoms. The van der Waals surface area contributed by atoms with Crippen molar-refractivity contribution in [3.05, 3.63) is 35.9 Å². The maximum Gasteiger partial charge on any atom is 0.336 e. The molecule has 14 heavy (non-hydrogen) atoms. The summed E-state index contributed by atoms with van der Waals surface area (Å²) in [7, 11) is 0. The lowest BCUT2D eigenvalue weighted by molar-refractivity contribution is -0.130. The van der Waals surface area contributed by atoms with Crippen LogP contribution in [0, 0.1) is 0 Å². The Morgan fingerprint density at radius 3 is 2.86 bits per heavy atom. The number of aliphatic carboxylic acids is 1. The monoisotopic (exact) mass is 189 g/mol. The third-order valence-corrected chi connectivity index (χ3v) is 2.25. The number of para-hydroxylation sites is 1. The van der Waals surface area contributed by atoms with E-state index in [-0.39, 0.29) is 6.04 Å². The fourth-order valence-corrected chi connectivity index (χ4v) is 1.66. The van der Waals surface area contributed by atoms with Crippen LogP contribution >= 0.6 is 0 Å². The number of nitrogens with one attached hydrogen (secondary N) is 1. The Morgan fingerprint density at radius 2 is 2.14 bits per heavy atom. The number of carbonyl (C=O) groups is 1. The number of benzene rings is 1. The summed E-state index contributed by atoms with van der Waals surface area (Å²) in [5, 5.41) is 12.2. The summed E-state index contributed by atoms with van der Waals surface area (Å²) in [5.41, 5.74) is 2.03. The number of carboxylic acid groups (broad SMARTS) is 1. The Balaban J connectivity index is 2.55. The van der Waals surface area contributed by atoms with Gasteiger partial charge in [0, 0.05) is 17.3 Å². The van der Waals surface area contributed by atoms with E-state index in [1.54, 1.807) is 6.08 Å². The average Bonchev–Trinajstić information content (AvgIpc) is 2.16. The topological polar surface area (TPSA) is 49.3 Å². The fraction of sp³-hybridized carbons (Fsp3) is 0.182. The number of hydrogen-bond acceptors (Lipinski definition) is 2. The van der Waals surface area contributed by atoms with Crippen LogP contribution in [0.25, 0.3) is 5.57 Å². The van der Waals surface area contributed by atoms with Crippen LogP contribution in [0.15, 0.2) is 30.3 Å². The molecule has 0 aliphatic carbocycles. The number of fused-ring (bicyclic) bond motifs is 1. The minimum Gasteiger partial charge on any atom is -0.478 e. The molecular weight excluding hydrogens is 178 g/mol. The normalized spacial score (nSPS) is 19.2. The summed E-state index contributed by atoms with van der Waals surface area (Å²) in [4.78, 5) is 11.0. The van der Waals surface area contributed by atoms with Gasteiger partial charge in [-0.1, -0.05) is 18.2 Å². The van der Waals surface area contributed by atoms with Gasteiger partial charge in [0.15, 0.2) is 0 Å². The van der Waals surface area contributed by atoms with Crippen LogP contribution in [-0.4, -0.2) is 17.1 Å². The highest BCUT2D eigenvalue weighted by Crippen LogP contribution is 2.29. The van der Waals surface area contributed by atoms with E-state index in [0.29, 0.717) is 5.57 Å². The van der Waals surface area contributed by atoms with Crippen molar-refractivity contribution in [3.8, 4) is 0 Å². The largest absolute Gasteiger partial charge is 0.478 e. The molecule has 3 nitrogen and oxygen atoms in total. The first-order valence-electron chi connectivity index (χ1n) is 4.49. The summed E-state index contributed by atoms with van der Waals surface area (Å²) >= 11 is 0. The quantitative estimate of drug-likeness (QED) is 0.710. The molecule has 0 spiro atoms. The zero-order valence-corrected chi connectivity index (χ0v) is 7.82. The van der Waals surface area contributed by atoms with E-state index in [2.05, 4.69) is 5.32 Å². The molecule has 1 aliphatic heterocycles. The molecule has 0 radical (unpaired) electrons. The van der Waals surface area contributed by atoms with Crippen molar-refractivity contribution in [3.63, 3.8) is 0 Å². The highest BCUT2D eigenvalue weighted by molar-refractivity contribution is 6.18. The second kappa shape index (κ2) is 3.18. The van der Waals surface area contributed by atoms with E-state index in [9.17, 15) is 4.79 Å². The molecule has 1 unspecified atom stereocenters. The number of rotatable bonds is 1. The first-order valence-corrected chi connectivity index (χ1v) is 4.49. The van der Waals surface area contributed by atoms with Gasteiger partial charge in [-0.3, -0.25) is 0 Å². The Morgan fingerprint density at radius 1 is 1.43 bits per heavy atom. The predicted octanol–water partition coefficient (Wildman–Crippen LogP) is 1.97. The van der Waals surface area contributed by atoms with E-state index in [1.807, 2.05) is 31.2 Å². The molecule has 0 amide bonds. The van der Waals surface area contributed by atoms with Crippen molar-refractivity contribution in [1.29, 1.82) is 0 Å². The van der Waals surface area contributed by atoms with Crippen molar-refractivity contribution in [2.75, 3.05) is 5.32 Å². The van der Waals surface area contributed by atoms with E-state index in [0.717, 1.165) is 11.3 Å². The van der Waals surface area contributed by atoms with Gasteiger partial charge in [0.2, 0.25) is 0 Å². The second-order valence-corrected chi connectivity index (χ2v) is 3.36. The van der Waals surface area contributed by atoms with E-state index >= 15 is 0 Å². The fourth-order valence-electron chi connectivity index (χ4n) is 1.66. The molecule has 0 aromatic heterocycles. The zero-order chi connectivity index (χ0) is 10.1. The standard InChI is InChI=1S/C11H11NO2/c1-7-6-9(11(13)14)8-4-2-3-5-10(8)12-7/h2-7,12H,1H3,(H,13,14). The summed E-state index contributed by atoms with van der Waals surface area (Å²) < 4.78 is 0. The molecule has 0 saturated heterocycles. The van der Waals surface area contributed by atoms with Crippen molar-refractivity contribution >= 4 is 17.2 Å². The van der Waals surface area contributed by atoms with Gasteiger partial charge in [-0.15, -0.1) is 0 Å². The lowest BCUT2D eigenvalue weighted by atomic mass is 9.98. The molecule has 1 aliphatic rings. The van der Waals surface area contributed by atoms with Gasteiger partial charge < -0.3 is 10.4 Å². The van der Waals surface area contributed by atoms with Crippen LogP contribution in [0.2, 0.25) is 0 Å². The highest BCUT2D eigenvalue weighted by Gasteiger charge is 2.19. The molecule has 1 aromatic carbocycles. The molecule has 1 heterocycles. The maximum absolute atomic E-state index is 11.0. The molecule has 72 valence electrons. The molecule has 0 saturated carbocycles. The lowest BCUT2D eigenvalue weighted by Crippen LogP contribution is -2.20. The Labute approximate surface area is 82.1 Å². The van der Waals surface area contributed by atoms with Crippen LogP contribution in [0.4, 0.5) is 5.69 Å². The number of anilines is 1. The van der Waals surface area contributed by atoms with Crippen LogP contribution in [0.1, 0.15) is 12.5 Å². The van der Waals surface area contributed by atoms with E-state index in [1.165, 1.54) is 0 Å². The molecule has 2 N–H and O–H groups in total. The van der Waals surface area contributed by atoms with E-state index < -0.39 is 5.97 Å². The SMILES string of the molecule is CC1C=C(C(=O)O)c2ccccc2N1. The van der Waals surface area contributed by atoms with Crippen LogP contribution in [0.3, 0.4) is 0 Å². The van der Waals surface area contributed by atoms with Gasteiger partial charge in [-0.2, -0.15) is 0 Å². The summed E-state index contributed by atoms with van der Waals surface area (Å²) in [6.07, 6.45) is 1.73. The van der Waals surface area contributed by atoms with Crippen molar-refractivity contribution < 1.29 is 9.90 Å². The third kappa shape index (κ3) is 1.37. The van der Waals surface area contributed by atoms with Crippen LogP contribution in [0.5, 0.6) is 0 Å². The molecule has 2 rings (SSSR count). The van der Waals surface area contributed by atoms with E-state index in [4.69, 9.17) is 5.11 Å². The molecule has 0 fully saturated rings. The zero-order valence-electron chi connectivity index (χ0n) is 7.82. The van der Waals surface area contributed by atoms with Crippen LogP contribution < -0.4 is 5.32 Å². The predicted molar refractivity (Wildman–Crippen MR) is 55.1 cm³/mol. The maximum atomic E-state index is 11.0.